The van der Waals surface area contributed by atoms with Crippen LogP contribution in [0.15, 0.2) is 29.2 Å². The van der Waals surface area contributed by atoms with Gasteiger partial charge in [0.1, 0.15) is 11.8 Å². The molecule has 1 aliphatic carbocycles. The van der Waals surface area contributed by atoms with Gasteiger partial charge in [0, 0.05) is 23.7 Å². The maximum absolute atomic E-state index is 13.4. The molecule has 0 radical (unpaired) electrons. The van der Waals surface area contributed by atoms with Crippen molar-refractivity contribution < 1.29 is 4.74 Å². The first-order chi connectivity index (χ1) is 13.9. The van der Waals surface area contributed by atoms with Gasteiger partial charge in [-0.25, -0.2) is 0 Å². The van der Waals surface area contributed by atoms with Gasteiger partial charge < -0.3 is 15.0 Å². The van der Waals surface area contributed by atoms with E-state index in [1.54, 1.807) is 18.3 Å². The van der Waals surface area contributed by atoms with E-state index in [1.807, 2.05) is 24.5 Å². The fourth-order valence-electron chi connectivity index (χ4n) is 4.11. The van der Waals surface area contributed by atoms with Crippen molar-refractivity contribution in [2.75, 3.05) is 6.61 Å². The number of hydrogen-bond acceptors (Lipinski definition) is 5. The molecule has 6 nitrogen and oxygen atoms in total. The van der Waals surface area contributed by atoms with Crippen LogP contribution in [0.1, 0.15) is 50.4 Å². The van der Waals surface area contributed by atoms with Gasteiger partial charge in [-0.2, -0.15) is 5.26 Å². The summed E-state index contributed by atoms with van der Waals surface area (Å²) >= 11 is 0. The maximum atomic E-state index is 13.4. The van der Waals surface area contributed by atoms with Crippen LogP contribution in [0.5, 0.6) is 5.75 Å². The van der Waals surface area contributed by atoms with Crippen molar-refractivity contribution in [1.82, 2.24) is 9.55 Å². The number of nitriles is 1. The Hall–Kier alpha value is -2.91. The summed E-state index contributed by atoms with van der Waals surface area (Å²) in [4.78, 5) is 17.8. The SMILES string of the molecule is Cc1nccc2c3cc(C#N)c(OCC(C)CC(C)N)cc3c(=O)n(C3CC3)c12. The van der Waals surface area contributed by atoms with Gasteiger partial charge in [0.15, 0.2) is 0 Å². The first-order valence-electron chi connectivity index (χ1n) is 10.2. The van der Waals surface area contributed by atoms with Crippen molar-refractivity contribution in [2.24, 2.45) is 11.7 Å². The number of benzene rings is 1. The molecule has 0 amide bonds. The fraction of sp³-hybridized carbons (Fsp3) is 0.435. The third kappa shape index (κ3) is 3.58. The normalized spacial score (nSPS) is 16.0. The van der Waals surface area contributed by atoms with E-state index < -0.39 is 0 Å². The zero-order valence-electron chi connectivity index (χ0n) is 17.1. The van der Waals surface area contributed by atoms with E-state index >= 15 is 0 Å². The first kappa shape index (κ1) is 19.4. The van der Waals surface area contributed by atoms with E-state index in [1.165, 1.54) is 0 Å². The lowest BCUT2D eigenvalue weighted by Gasteiger charge is -2.18. The summed E-state index contributed by atoms with van der Waals surface area (Å²) in [6.07, 6.45) is 4.60. The molecule has 2 aromatic heterocycles. The molecule has 1 fully saturated rings. The molecule has 2 heterocycles. The molecule has 0 saturated heterocycles. The lowest BCUT2D eigenvalue weighted by molar-refractivity contribution is 0.246. The molecule has 0 aliphatic heterocycles. The summed E-state index contributed by atoms with van der Waals surface area (Å²) < 4.78 is 7.85. The van der Waals surface area contributed by atoms with Gasteiger partial charge in [-0.15, -0.1) is 0 Å². The number of rotatable bonds is 6. The first-order valence-corrected chi connectivity index (χ1v) is 10.2. The van der Waals surface area contributed by atoms with Crippen LogP contribution >= 0.6 is 0 Å². The van der Waals surface area contributed by atoms with Crippen LogP contribution in [0.2, 0.25) is 0 Å². The zero-order chi connectivity index (χ0) is 20.7. The Kier molecular flexibility index (Phi) is 5.01. The molecule has 2 atom stereocenters. The van der Waals surface area contributed by atoms with Crippen molar-refractivity contribution in [3.05, 3.63) is 46.0 Å². The van der Waals surface area contributed by atoms with Crippen molar-refractivity contribution in [1.29, 1.82) is 5.26 Å². The van der Waals surface area contributed by atoms with Crippen LogP contribution < -0.4 is 16.0 Å². The number of pyridine rings is 2. The summed E-state index contributed by atoms with van der Waals surface area (Å²) in [5.41, 5.74) is 7.97. The lowest BCUT2D eigenvalue weighted by Crippen LogP contribution is -2.22. The molecular formula is C23H26N4O2. The number of nitrogens with two attached hydrogens (primary N) is 1. The second kappa shape index (κ2) is 7.49. The Labute approximate surface area is 169 Å². The number of fused-ring (bicyclic) bond motifs is 3. The minimum absolute atomic E-state index is 0.0379. The second-order valence-corrected chi connectivity index (χ2v) is 8.33. The van der Waals surface area contributed by atoms with Gasteiger partial charge in [-0.1, -0.05) is 6.92 Å². The monoisotopic (exact) mass is 390 g/mol. The Morgan fingerprint density at radius 1 is 1.31 bits per heavy atom. The van der Waals surface area contributed by atoms with Gasteiger partial charge in [0.2, 0.25) is 0 Å². The van der Waals surface area contributed by atoms with E-state index in [2.05, 4.69) is 18.0 Å². The molecule has 1 saturated carbocycles. The standard InChI is InChI=1S/C23H26N4O2/c1-13(8-14(2)25)12-29-21-10-20-19(9-16(21)11-24)18-6-7-26-15(3)22(18)27(23(20)28)17-4-5-17/h6-7,9-10,13-14,17H,4-5,8,12,25H2,1-3H3. The number of aryl methyl sites for hydroxylation is 1. The van der Waals surface area contributed by atoms with E-state index in [0.29, 0.717) is 23.3 Å². The quantitative estimate of drug-likeness (QED) is 0.646. The van der Waals surface area contributed by atoms with Crippen molar-refractivity contribution in [2.45, 2.75) is 52.1 Å². The second-order valence-electron chi connectivity index (χ2n) is 8.33. The third-order valence-electron chi connectivity index (χ3n) is 5.54. The Morgan fingerprint density at radius 2 is 2.07 bits per heavy atom. The largest absolute Gasteiger partial charge is 0.492 e. The molecule has 2 N–H and O–H groups in total. The Morgan fingerprint density at radius 3 is 2.72 bits per heavy atom. The highest BCUT2D eigenvalue weighted by Crippen LogP contribution is 2.38. The number of ether oxygens (including phenoxy) is 1. The minimum atomic E-state index is -0.0379. The average Bonchev–Trinajstić information content (AvgIpc) is 3.51. The molecule has 0 bridgehead atoms. The van der Waals surface area contributed by atoms with E-state index in [0.717, 1.165) is 41.2 Å². The Bertz CT molecular complexity index is 1190. The number of hydrogen-bond donors (Lipinski definition) is 1. The van der Waals surface area contributed by atoms with Crippen molar-refractivity contribution in [3.8, 4) is 11.8 Å². The molecule has 1 aromatic carbocycles. The molecule has 1 aliphatic rings. The van der Waals surface area contributed by atoms with E-state index in [9.17, 15) is 10.1 Å². The van der Waals surface area contributed by atoms with Crippen molar-refractivity contribution in [3.63, 3.8) is 0 Å². The summed E-state index contributed by atoms with van der Waals surface area (Å²) in [5.74, 6) is 0.715. The van der Waals surface area contributed by atoms with Crippen LogP contribution in [-0.4, -0.2) is 22.2 Å². The van der Waals surface area contributed by atoms with Crippen molar-refractivity contribution >= 4 is 21.7 Å². The summed E-state index contributed by atoms with van der Waals surface area (Å²) in [5, 5.41) is 12.0. The van der Waals surface area contributed by atoms with Gasteiger partial charge >= 0.3 is 0 Å². The van der Waals surface area contributed by atoms with Crippen LogP contribution in [0.25, 0.3) is 21.7 Å². The highest BCUT2D eigenvalue weighted by atomic mass is 16.5. The molecule has 3 aromatic rings. The highest BCUT2D eigenvalue weighted by molar-refractivity contribution is 6.07. The predicted octanol–water partition coefficient (Wildman–Crippen LogP) is 3.82. The van der Waals surface area contributed by atoms with Crippen LogP contribution in [0.4, 0.5) is 0 Å². The van der Waals surface area contributed by atoms with Gasteiger partial charge in [-0.05, 0) is 62.6 Å². The number of aromatic nitrogens is 2. The van der Waals surface area contributed by atoms with Crippen LogP contribution in [0, 0.1) is 24.2 Å². The smallest absolute Gasteiger partial charge is 0.259 e. The summed E-state index contributed by atoms with van der Waals surface area (Å²) in [7, 11) is 0. The van der Waals surface area contributed by atoms with E-state index in [4.69, 9.17) is 10.5 Å². The minimum Gasteiger partial charge on any atom is -0.492 e. The summed E-state index contributed by atoms with van der Waals surface area (Å²) in [6, 6.07) is 7.99. The highest BCUT2D eigenvalue weighted by Gasteiger charge is 2.28. The Balaban J connectivity index is 1.89. The lowest BCUT2D eigenvalue weighted by atomic mass is 10.0. The van der Waals surface area contributed by atoms with Crippen LogP contribution in [-0.2, 0) is 0 Å². The van der Waals surface area contributed by atoms with E-state index in [-0.39, 0.29) is 23.6 Å². The fourth-order valence-corrected chi connectivity index (χ4v) is 4.11. The van der Waals surface area contributed by atoms with Gasteiger partial charge in [0.25, 0.3) is 5.56 Å². The summed E-state index contributed by atoms with van der Waals surface area (Å²) in [6.45, 7) is 6.42. The van der Waals surface area contributed by atoms with Gasteiger partial charge in [0.05, 0.1) is 28.8 Å². The molecule has 6 heteroatoms. The van der Waals surface area contributed by atoms with Gasteiger partial charge in [-0.3, -0.25) is 9.78 Å². The molecular weight excluding hydrogens is 364 g/mol. The average molecular weight is 390 g/mol. The molecule has 0 spiro atoms. The maximum Gasteiger partial charge on any atom is 0.259 e. The molecule has 29 heavy (non-hydrogen) atoms. The molecule has 150 valence electrons. The third-order valence-corrected chi connectivity index (χ3v) is 5.54. The topological polar surface area (TPSA) is 93.9 Å². The zero-order valence-corrected chi connectivity index (χ0v) is 17.1. The molecule has 4 rings (SSSR count). The molecule has 2 unspecified atom stereocenters. The predicted molar refractivity (Wildman–Crippen MR) is 114 cm³/mol. The number of nitrogens with zero attached hydrogens (tertiary/aromatic N) is 3. The van der Waals surface area contributed by atoms with Crippen LogP contribution in [0.3, 0.4) is 0 Å².